The highest BCUT2D eigenvalue weighted by atomic mass is 16.7. The molecular weight excluding hydrogens is 239 g/mol. The van der Waals surface area contributed by atoms with Gasteiger partial charge in [0.05, 0.1) is 11.2 Å². The van der Waals surface area contributed by atoms with E-state index in [4.69, 9.17) is 9.31 Å². The maximum absolute atomic E-state index is 10.6. The summed E-state index contributed by atoms with van der Waals surface area (Å²) in [6.07, 6.45) is 0.827. The van der Waals surface area contributed by atoms with E-state index in [-0.39, 0.29) is 18.3 Å². The van der Waals surface area contributed by atoms with Gasteiger partial charge in [0.25, 0.3) is 0 Å². The van der Waals surface area contributed by atoms with Crippen LogP contribution in [0.2, 0.25) is 0 Å². The van der Waals surface area contributed by atoms with Crippen LogP contribution in [0.5, 0.6) is 0 Å². The van der Waals surface area contributed by atoms with Crippen LogP contribution in [-0.4, -0.2) is 24.6 Å². The van der Waals surface area contributed by atoms with Gasteiger partial charge in [-0.15, -0.1) is 0 Å². The van der Waals surface area contributed by atoms with E-state index < -0.39 is 0 Å². The summed E-state index contributed by atoms with van der Waals surface area (Å²) in [6, 6.07) is 7.28. The van der Waals surface area contributed by atoms with Crippen molar-refractivity contribution in [2.24, 2.45) is 0 Å². The zero-order valence-corrected chi connectivity index (χ0v) is 12.7. The molecule has 104 valence electrons. The Balaban J connectivity index is 0.000000861. The van der Waals surface area contributed by atoms with Crippen molar-refractivity contribution in [2.75, 3.05) is 0 Å². The average molecular weight is 262 g/mol. The summed E-state index contributed by atoms with van der Waals surface area (Å²) in [7, 11) is -0.360. The van der Waals surface area contributed by atoms with Crippen LogP contribution in [0.3, 0.4) is 0 Å². The van der Waals surface area contributed by atoms with Crippen LogP contribution in [-0.2, 0) is 9.31 Å². The number of carbonyl (C=O) groups excluding carboxylic acids is 1. The maximum Gasteiger partial charge on any atom is 0.494 e. The lowest BCUT2D eigenvalue weighted by Crippen LogP contribution is -2.41. The van der Waals surface area contributed by atoms with Gasteiger partial charge in [-0.2, -0.15) is 0 Å². The van der Waals surface area contributed by atoms with Crippen molar-refractivity contribution in [3.05, 3.63) is 29.8 Å². The second kappa shape index (κ2) is 5.89. The zero-order chi connectivity index (χ0) is 14.7. The van der Waals surface area contributed by atoms with Crippen molar-refractivity contribution in [2.45, 2.75) is 52.7 Å². The van der Waals surface area contributed by atoms with Gasteiger partial charge in [-0.25, -0.2) is 0 Å². The lowest BCUT2D eigenvalue weighted by atomic mass is 9.79. The molecule has 0 aliphatic carbocycles. The Hall–Kier alpha value is -1.13. The summed E-state index contributed by atoms with van der Waals surface area (Å²) in [4.78, 5) is 10.6. The number of rotatable bonds is 2. The third-order valence-electron chi connectivity index (χ3n) is 3.60. The lowest BCUT2D eigenvalue weighted by molar-refractivity contribution is 0.00578. The molecule has 0 bridgehead atoms. The fraction of sp³-hybridized carbons (Fsp3) is 0.533. The Labute approximate surface area is 116 Å². The Morgan fingerprint density at radius 3 is 1.74 bits per heavy atom. The van der Waals surface area contributed by atoms with Gasteiger partial charge in [0.1, 0.15) is 6.29 Å². The van der Waals surface area contributed by atoms with E-state index in [9.17, 15) is 4.79 Å². The number of hydrogen-bond donors (Lipinski definition) is 0. The predicted molar refractivity (Wildman–Crippen MR) is 78.9 cm³/mol. The zero-order valence-electron chi connectivity index (χ0n) is 12.7. The number of benzene rings is 1. The second-order valence-electron chi connectivity index (χ2n) is 5.37. The van der Waals surface area contributed by atoms with E-state index in [1.54, 1.807) is 12.1 Å². The lowest BCUT2D eigenvalue weighted by Gasteiger charge is -2.32. The number of carbonyl (C=O) groups is 1. The third kappa shape index (κ3) is 3.25. The molecule has 4 heteroatoms. The molecule has 1 aromatic carbocycles. The van der Waals surface area contributed by atoms with Crippen LogP contribution >= 0.6 is 0 Å². The van der Waals surface area contributed by atoms with E-state index in [0.717, 1.165) is 11.7 Å². The van der Waals surface area contributed by atoms with Crippen LogP contribution in [0.15, 0.2) is 24.3 Å². The first-order valence-electron chi connectivity index (χ1n) is 6.76. The van der Waals surface area contributed by atoms with Gasteiger partial charge in [0, 0.05) is 5.56 Å². The molecular formula is C15H23BO3. The monoisotopic (exact) mass is 262 g/mol. The first kappa shape index (κ1) is 15.9. The van der Waals surface area contributed by atoms with Crippen molar-refractivity contribution in [3.63, 3.8) is 0 Å². The normalized spacial score (nSPS) is 19.6. The fourth-order valence-corrected chi connectivity index (χ4v) is 1.71. The van der Waals surface area contributed by atoms with Crippen LogP contribution < -0.4 is 5.46 Å². The quantitative estimate of drug-likeness (QED) is 0.607. The maximum atomic E-state index is 10.6. The molecule has 0 unspecified atom stereocenters. The van der Waals surface area contributed by atoms with Gasteiger partial charge < -0.3 is 9.31 Å². The standard InChI is InChI=1S/C13H17BO3.C2H6/c1-12(2)13(3,4)17-14(16-12)11-7-5-10(9-15)6-8-11;1-2/h5-9H,1-4H3;1-2H3. The van der Waals surface area contributed by atoms with E-state index in [0.29, 0.717) is 5.56 Å². The predicted octanol–water partition coefficient (Wildman–Crippen LogP) is 2.82. The summed E-state index contributed by atoms with van der Waals surface area (Å²) in [6.45, 7) is 12.1. The largest absolute Gasteiger partial charge is 0.494 e. The number of hydrogen-bond acceptors (Lipinski definition) is 3. The molecule has 0 N–H and O–H groups in total. The van der Waals surface area contributed by atoms with E-state index >= 15 is 0 Å². The molecule has 19 heavy (non-hydrogen) atoms. The van der Waals surface area contributed by atoms with E-state index in [1.165, 1.54) is 0 Å². The third-order valence-corrected chi connectivity index (χ3v) is 3.60. The SMILES string of the molecule is CC.CC1(C)OB(c2ccc(C=O)cc2)OC1(C)C. The smallest absolute Gasteiger partial charge is 0.399 e. The first-order chi connectivity index (χ1) is 8.86. The molecule has 1 saturated heterocycles. The Morgan fingerprint density at radius 1 is 0.947 bits per heavy atom. The highest BCUT2D eigenvalue weighted by Crippen LogP contribution is 2.36. The Bertz CT molecular complexity index is 408. The number of aldehydes is 1. The van der Waals surface area contributed by atoms with Gasteiger partial charge in [0.15, 0.2) is 0 Å². The van der Waals surface area contributed by atoms with Crippen molar-refractivity contribution in [3.8, 4) is 0 Å². The first-order valence-corrected chi connectivity index (χ1v) is 6.76. The van der Waals surface area contributed by atoms with E-state index in [2.05, 4.69) is 0 Å². The average Bonchev–Trinajstić information content (AvgIpc) is 2.61. The van der Waals surface area contributed by atoms with Gasteiger partial charge in [-0.3, -0.25) is 4.79 Å². The molecule has 2 rings (SSSR count). The summed E-state index contributed by atoms with van der Waals surface area (Å²) in [5.74, 6) is 0. The molecule has 0 spiro atoms. The highest BCUT2D eigenvalue weighted by molar-refractivity contribution is 6.62. The molecule has 1 fully saturated rings. The molecule has 3 nitrogen and oxygen atoms in total. The molecule has 0 aromatic heterocycles. The van der Waals surface area contributed by atoms with Crippen LogP contribution in [0.4, 0.5) is 0 Å². The minimum atomic E-state index is -0.360. The molecule has 0 radical (unpaired) electrons. The topological polar surface area (TPSA) is 35.5 Å². The van der Waals surface area contributed by atoms with E-state index in [1.807, 2.05) is 53.7 Å². The summed E-state index contributed by atoms with van der Waals surface area (Å²) >= 11 is 0. The summed E-state index contributed by atoms with van der Waals surface area (Å²) < 4.78 is 11.8. The van der Waals surface area contributed by atoms with Crippen molar-refractivity contribution in [1.82, 2.24) is 0 Å². The van der Waals surface area contributed by atoms with Gasteiger partial charge >= 0.3 is 7.12 Å². The van der Waals surface area contributed by atoms with Gasteiger partial charge in [-0.1, -0.05) is 38.1 Å². The van der Waals surface area contributed by atoms with Crippen LogP contribution in [0.25, 0.3) is 0 Å². The molecule has 0 saturated carbocycles. The Morgan fingerprint density at radius 2 is 1.37 bits per heavy atom. The second-order valence-corrected chi connectivity index (χ2v) is 5.37. The highest BCUT2D eigenvalue weighted by Gasteiger charge is 2.51. The molecule has 1 aliphatic heterocycles. The van der Waals surface area contributed by atoms with Gasteiger partial charge in [0.2, 0.25) is 0 Å². The molecule has 1 aromatic rings. The van der Waals surface area contributed by atoms with Crippen LogP contribution in [0.1, 0.15) is 51.9 Å². The molecule has 1 aliphatic rings. The summed E-state index contributed by atoms with van der Waals surface area (Å²) in [5, 5.41) is 0. The molecule has 0 amide bonds. The van der Waals surface area contributed by atoms with Crippen molar-refractivity contribution < 1.29 is 14.1 Å². The fourth-order valence-electron chi connectivity index (χ4n) is 1.71. The Kier molecular flexibility index (Phi) is 4.94. The molecule has 0 atom stereocenters. The minimum Gasteiger partial charge on any atom is -0.399 e. The van der Waals surface area contributed by atoms with Crippen LogP contribution in [0, 0.1) is 0 Å². The van der Waals surface area contributed by atoms with Crippen molar-refractivity contribution in [1.29, 1.82) is 0 Å². The molecule has 1 heterocycles. The summed E-state index contributed by atoms with van der Waals surface area (Å²) in [5.41, 5.74) is 0.932. The van der Waals surface area contributed by atoms with Crippen molar-refractivity contribution >= 4 is 18.9 Å². The minimum absolute atomic E-state index is 0.332. The van der Waals surface area contributed by atoms with Gasteiger partial charge in [-0.05, 0) is 33.2 Å².